The highest BCUT2D eigenvalue weighted by Gasteiger charge is 2.27. The van der Waals surface area contributed by atoms with Gasteiger partial charge in [-0.05, 0) is 23.7 Å². The van der Waals surface area contributed by atoms with Crippen molar-refractivity contribution in [3.63, 3.8) is 0 Å². The van der Waals surface area contributed by atoms with Gasteiger partial charge in [-0.15, -0.1) is 0 Å². The standard InChI is InChI=1S/C13H18F3NS/c1-2-6-12(11-7-4-3-5-8-11)17-9-10-18-13(14,15)16/h3-5,7-8,12,17H,2,6,9-10H2,1H3. The van der Waals surface area contributed by atoms with Gasteiger partial charge in [0.05, 0.1) is 0 Å². The molecule has 0 aliphatic rings. The molecule has 0 saturated carbocycles. The molecule has 0 fully saturated rings. The molecule has 1 nitrogen and oxygen atoms in total. The summed E-state index contributed by atoms with van der Waals surface area (Å²) >= 11 is 0.0263. The van der Waals surface area contributed by atoms with Crippen molar-refractivity contribution < 1.29 is 13.2 Å². The van der Waals surface area contributed by atoms with Crippen molar-refractivity contribution in [3.05, 3.63) is 35.9 Å². The number of halogens is 3. The van der Waals surface area contributed by atoms with Crippen LogP contribution in [0.3, 0.4) is 0 Å². The first kappa shape index (κ1) is 15.4. The lowest BCUT2D eigenvalue weighted by Gasteiger charge is -2.18. The van der Waals surface area contributed by atoms with Gasteiger partial charge in [0.15, 0.2) is 0 Å². The third kappa shape index (κ3) is 6.31. The molecule has 0 radical (unpaired) electrons. The molecule has 0 aliphatic carbocycles. The molecular formula is C13H18F3NS. The van der Waals surface area contributed by atoms with E-state index >= 15 is 0 Å². The maximum absolute atomic E-state index is 12.0. The Hall–Kier alpha value is -0.680. The Morgan fingerprint density at radius 2 is 1.89 bits per heavy atom. The predicted molar refractivity (Wildman–Crippen MR) is 70.6 cm³/mol. The Balaban J connectivity index is 2.40. The van der Waals surface area contributed by atoms with Gasteiger partial charge in [0.25, 0.3) is 0 Å². The molecular weight excluding hydrogens is 259 g/mol. The second kappa shape index (κ2) is 7.69. The summed E-state index contributed by atoms with van der Waals surface area (Å²) < 4.78 is 36.0. The second-order valence-electron chi connectivity index (χ2n) is 4.00. The van der Waals surface area contributed by atoms with Crippen LogP contribution in [0.4, 0.5) is 13.2 Å². The van der Waals surface area contributed by atoms with E-state index in [2.05, 4.69) is 12.2 Å². The minimum absolute atomic E-state index is 0.0263. The molecule has 102 valence electrons. The third-order valence-corrected chi connectivity index (χ3v) is 3.27. The first-order valence-electron chi connectivity index (χ1n) is 6.02. The first-order chi connectivity index (χ1) is 8.53. The average Bonchev–Trinajstić information content (AvgIpc) is 2.33. The molecule has 5 heteroatoms. The van der Waals surface area contributed by atoms with Crippen LogP contribution in [0.2, 0.25) is 0 Å². The van der Waals surface area contributed by atoms with Crippen LogP contribution < -0.4 is 5.32 Å². The molecule has 0 bridgehead atoms. The van der Waals surface area contributed by atoms with Gasteiger partial charge in [0.1, 0.15) is 0 Å². The van der Waals surface area contributed by atoms with Crippen LogP contribution >= 0.6 is 11.8 Å². The van der Waals surface area contributed by atoms with Crippen molar-refractivity contribution in [2.75, 3.05) is 12.3 Å². The Kier molecular flexibility index (Phi) is 6.57. The normalized spacial score (nSPS) is 13.6. The van der Waals surface area contributed by atoms with Crippen molar-refractivity contribution in [2.24, 2.45) is 0 Å². The number of rotatable bonds is 7. The number of thioether (sulfide) groups is 1. The van der Waals surface area contributed by atoms with E-state index in [1.807, 2.05) is 30.3 Å². The molecule has 1 aromatic rings. The maximum Gasteiger partial charge on any atom is 0.441 e. The zero-order valence-corrected chi connectivity index (χ0v) is 11.2. The topological polar surface area (TPSA) is 12.0 Å². The quantitative estimate of drug-likeness (QED) is 0.743. The number of hydrogen-bond acceptors (Lipinski definition) is 2. The number of nitrogens with one attached hydrogen (secondary N) is 1. The van der Waals surface area contributed by atoms with Gasteiger partial charge < -0.3 is 5.32 Å². The fraction of sp³-hybridized carbons (Fsp3) is 0.538. The van der Waals surface area contributed by atoms with Crippen LogP contribution in [0.1, 0.15) is 31.4 Å². The van der Waals surface area contributed by atoms with Crippen LogP contribution in [0.5, 0.6) is 0 Å². The molecule has 1 N–H and O–H groups in total. The van der Waals surface area contributed by atoms with E-state index < -0.39 is 5.51 Å². The van der Waals surface area contributed by atoms with Crippen molar-refractivity contribution in [1.82, 2.24) is 5.32 Å². The molecule has 18 heavy (non-hydrogen) atoms. The summed E-state index contributed by atoms with van der Waals surface area (Å²) in [6.45, 7) is 2.44. The van der Waals surface area contributed by atoms with E-state index in [4.69, 9.17) is 0 Å². The van der Waals surface area contributed by atoms with Crippen molar-refractivity contribution in [3.8, 4) is 0 Å². The fourth-order valence-electron chi connectivity index (χ4n) is 1.76. The Bertz CT molecular complexity index is 327. The molecule has 1 rings (SSSR count). The van der Waals surface area contributed by atoms with Gasteiger partial charge in [-0.2, -0.15) is 13.2 Å². The van der Waals surface area contributed by atoms with Crippen LogP contribution in [0, 0.1) is 0 Å². The van der Waals surface area contributed by atoms with Gasteiger partial charge in [-0.25, -0.2) is 0 Å². The van der Waals surface area contributed by atoms with E-state index in [0.717, 1.165) is 18.4 Å². The SMILES string of the molecule is CCCC(NCCSC(F)(F)F)c1ccccc1. The highest BCUT2D eigenvalue weighted by molar-refractivity contribution is 8.00. The second-order valence-corrected chi connectivity index (χ2v) is 5.16. The summed E-state index contributed by atoms with van der Waals surface area (Å²) in [5, 5.41) is 3.19. The van der Waals surface area contributed by atoms with Crippen LogP contribution in [-0.4, -0.2) is 17.8 Å². The first-order valence-corrected chi connectivity index (χ1v) is 7.00. The van der Waals surface area contributed by atoms with E-state index in [1.54, 1.807) is 0 Å². The number of benzene rings is 1. The van der Waals surface area contributed by atoms with E-state index in [1.165, 1.54) is 0 Å². The van der Waals surface area contributed by atoms with Crippen LogP contribution in [0.25, 0.3) is 0 Å². The maximum atomic E-state index is 12.0. The Morgan fingerprint density at radius 3 is 2.44 bits per heavy atom. The monoisotopic (exact) mass is 277 g/mol. The number of hydrogen-bond donors (Lipinski definition) is 1. The van der Waals surface area contributed by atoms with E-state index in [-0.39, 0.29) is 23.6 Å². The molecule has 1 unspecified atom stereocenters. The molecule has 0 amide bonds. The van der Waals surface area contributed by atoms with Crippen molar-refractivity contribution in [2.45, 2.75) is 31.3 Å². The zero-order valence-electron chi connectivity index (χ0n) is 10.3. The van der Waals surface area contributed by atoms with Crippen LogP contribution in [0.15, 0.2) is 30.3 Å². The summed E-state index contributed by atoms with van der Waals surface area (Å²) in [5.41, 5.74) is -2.99. The highest BCUT2D eigenvalue weighted by Crippen LogP contribution is 2.29. The minimum Gasteiger partial charge on any atom is -0.309 e. The minimum atomic E-state index is -4.13. The van der Waals surface area contributed by atoms with Crippen molar-refractivity contribution >= 4 is 11.8 Å². The lowest BCUT2D eigenvalue weighted by Crippen LogP contribution is -2.24. The van der Waals surface area contributed by atoms with Gasteiger partial charge in [-0.1, -0.05) is 43.7 Å². The molecule has 1 aromatic carbocycles. The zero-order chi connectivity index (χ0) is 13.4. The summed E-state index contributed by atoms with van der Waals surface area (Å²) in [6, 6.07) is 9.99. The lowest BCUT2D eigenvalue weighted by molar-refractivity contribution is -0.0327. The lowest BCUT2D eigenvalue weighted by atomic mass is 10.0. The largest absolute Gasteiger partial charge is 0.441 e. The fourth-order valence-corrected chi connectivity index (χ4v) is 2.21. The number of alkyl halides is 3. The van der Waals surface area contributed by atoms with E-state index in [0.29, 0.717) is 6.54 Å². The average molecular weight is 277 g/mol. The van der Waals surface area contributed by atoms with Gasteiger partial charge in [0.2, 0.25) is 0 Å². The Morgan fingerprint density at radius 1 is 1.22 bits per heavy atom. The smallest absolute Gasteiger partial charge is 0.309 e. The van der Waals surface area contributed by atoms with E-state index in [9.17, 15) is 13.2 Å². The third-order valence-electron chi connectivity index (χ3n) is 2.54. The Labute approximate surface area is 110 Å². The van der Waals surface area contributed by atoms with Gasteiger partial charge in [0, 0.05) is 18.3 Å². The predicted octanol–water partition coefficient (Wildman–Crippen LogP) is 4.37. The summed E-state index contributed by atoms with van der Waals surface area (Å²) in [6.07, 6.45) is 1.93. The molecule has 0 spiro atoms. The molecule has 1 atom stereocenters. The molecule has 0 aliphatic heterocycles. The highest BCUT2D eigenvalue weighted by atomic mass is 32.2. The van der Waals surface area contributed by atoms with Crippen molar-refractivity contribution in [1.29, 1.82) is 0 Å². The summed E-state index contributed by atoms with van der Waals surface area (Å²) in [4.78, 5) is 0. The molecule has 0 saturated heterocycles. The summed E-state index contributed by atoms with van der Waals surface area (Å²) in [5.74, 6) is 0.0521. The molecule has 0 heterocycles. The molecule has 0 aromatic heterocycles. The van der Waals surface area contributed by atoms with Gasteiger partial charge in [-0.3, -0.25) is 0 Å². The summed E-state index contributed by atoms with van der Waals surface area (Å²) in [7, 11) is 0. The van der Waals surface area contributed by atoms with Crippen LogP contribution in [-0.2, 0) is 0 Å². The van der Waals surface area contributed by atoms with Gasteiger partial charge >= 0.3 is 5.51 Å².